The number of carboxylic acids is 1. The highest BCUT2D eigenvalue weighted by Crippen LogP contribution is 2.50. The molecule has 1 N–H and O–H groups in total. The summed E-state index contributed by atoms with van der Waals surface area (Å²) in [6, 6.07) is 11.3. The summed E-state index contributed by atoms with van der Waals surface area (Å²) < 4.78 is 31.4. The Bertz CT molecular complexity index is 1130. The summed E-state index contributed by atoms with van der Waals surface area (Å²) in [5.41, 5.74) is 2.84. The fourth-order valence-corrected chi connectivity index (χ4v) is 6.63. The molecule has 1 saturated carbocycles. The lowest BCUT2D eigenvalue weighted by Gasteiger charge is -2.18. The zero-order chi connectivity index (χ0) is 21.7. The third kappa shape index (κ3) is 3.85. The van der Waals surface area contributed by atoms with E-state index in [0.717, 1.165) is 53.0 Å². The molecule has 2 unspecified atom stereocenters. The molecule has 2 heterocycles. The zero-order valence-electron chi connectivity index (χ0n) is 17.2. The van der Waals surface area contributed by atoms with E-state index in [2.05, 4.69) is 4.31 Å². The molecule has 0 radical (unpaired) electrons. The van der Waals surface area contributed by atoms with Crippen LogP contribution in [0.4, 0.5) is 8.78 Å². The van der Waals surface area contributed by atoms with Gasteiger partial charge < -0.3 is 9.67 Å². The Morgan fingerprint density at radius 1 is 1.06 bits per heavy atom. The van der Waals surface area contributed by atoms with Gasteiger partial charge in [-0.1, -0.05) is 0 Å². The molecule has 2 fully saturated rings. The molecule has 0 spiro atoms. The molecule has 0 amide bonds. The molecule has 2 atom stereocenters. The van der Waals surface area contributed by atoms with Crippen LogP contribution in [0.15, 0.2) is 47.4 Å². The van der Waals surface area contributed by atoms with Crippen molar-refractivity contribution in [2.75, 3.05) is 13.1 Å². The lowest BCUT2D eigenvalue weighted by molar-refractivity contribution is -0.137. The van der Waals surface area contributed by atoms with Crippen LogP contribution >= 0.6 is 11.9 Å². The Morgan fingerprint density at radius 3 is 2.35 bits per heavy atom. The second-order valence-electron chi connectivity index (χ2n) is 8.72. The molecule has 31 heavy (non-hydrogen) atoms. The number of hydrogen-bond acceptors (Lipinski definition) is 3. The van der Waals surface area contributed by atoms with Gasteiger partial charge in [0.2, 0.25) is 0 Å². The van der Waals surface area contributed by atoms with E-state index in [4.69, 9.17) is 0 Å². The zero-order valence-corrected chi connectivity index (χ0v) is 18.0. The number of fused-ring (bicyclic) bond motifs is 2. The van der Waals surface area contributed by atoms with Crippen LogP contribution in [0, 0.1) is 30.4 Å². The average molecular weight is 443 g/mol. The third-order valence-corrected chi connectivity index (χ3v) is 7.84. The van der Waals surface area contributed by atoms with Crippen molar-refractivity contribution in [1.82, 2.24) is 8.87 Å². The van der Waals surface area contributed by atoms with E-state index in [9.17, 15) is 18.7 Å². The van der Waals surface area contributed by atoms with Crippen molar-refractivity contribution >= 4 is 28.8 Å². The van der Waals surface area contributed by atoms with Crippen LogP contribution in [0.2, 0.25) is 0 Å². The molecular weight excluding hydrogens is 418 g/mol. The summed E-state index contributed by atoms with van der Waals surface area (Å²) in [6.45, 7) is 3.80. The topological polar surface area (TPSA) is 45.5 Å². The van der Waals surface area contributed by atoms with Crippen molar-refractivity contribution in [3.05, 3.63) is 65.4 Å². The maximum Gasteiger partial charge on any atom is 0.323 e. The number of aromatic nitrogens is 1. The Kier molecular flexibility index (Phi) is 5.26. The van der Waals surface area contributed by atoms with Crippen molar-refractivity contribution < 1.29 is 18.7 Å². The molecule has 7 heteroatoms. The van der Waals surface area contributed by atoms with E-state index in [-0.39, 0.29) is 18.2 Å². The highest BCUT2D eigenvalue weighted by atomic mass is 32.2. The Hall–Kier alpha value is -2.38. The lowest BCUT2D eigenvalue weighted by Crippen LogP contribution is -2.14. The molecule has 2 aromatic carbocycles. The Morgan fingerprint density at radius 2 is 1.71 bits per heavy atom. The normalized spacial score (nSPS) is 23.5. The summed E-state index contributed by atoms with van der Waals surface area (Å²) in [7, 11) is 0. The maximum atomic E-state index is 14.1. The van der Waals surface area contributed by atoms with Crippen LogP contribution in [-0.4, -0.2) is 33.0 Å². The number of nitrogens with zero attached hydrogens (tertiary/aromatic N) is 2. The first-order chi connectivity index (χ1) is 14.9. The molecule has 3 aromatic rings. The highest BCUT2D eigenvalue weighted by Gasteiger charge is 2.43. The van der Waals surface area contributed by atoms with Crippen LogP contribution < -0.4 is 0 Å². The Labute approximate surface area is 184 Å². The van der Waals surface area contributed by atoms with Gasteiger partial charge in [-0.3, -0.25) is 4.79 Å². The molecule has 5 rings (SSSR count). The van der Waals surface area contributed by atoms with Crippen molar-refractivity contribution in [1.29, 1.82) is 0 Å². The van der Waals surface area contributed by atoms with Crippen molar-refractivity contribution in [2.24, 2.45) is 11.8 Å². The summed E-state index contributed by atoms with van der Waals surface area (Å²) in [4.78, 5) is 12.4. The molecular formula is C24H24F2N2O2S. The van der Waals surface area contributed by atoms with Crippen LogP contribution in [0.3, 0.4) is 0 Å². The van der Waals surface area contributed by atoms with Crippen molar-refractivity contribution in [2.45, 2.75) is 37.1 Å². The van der Waals surface area contributed by atoms with E-state index in [1.54, 1.807) is 28.6 Å². The van der Waals surface area contributed by atoms with Crippen molar-refractivity contribution in [3.8, 4) is 0 Å². The van der Waals surface area contributed by atoms with Gasteiger partial charge in [0.25, 0.3) is 0 Å². The molecule has 1 aliphatic heterocycles. The summed E-state index contributed by atoms with van der Waals surface area (Å²) in [6.07, 6.45) is 2.05. The number of rotatable bonds is 5. The van der Waals surface area contributed by atoms with Crippen LogP contribution in [0.5, 0.6) is 0 Å². The van der Waals surface area contributed by atoms with Gasteiger partial charge >= 0.3 is 5.97 Å². The molecule has 162 valence electrons. The highest BCUT2D eigenvalue weighted by molar-refractivity contribution is 7.97. The largest absolute Gasteiger partial charge is 0.480 e. The van der Waals surface area contributed by atoms with Gasteiger partial charge in [0.15, 0.2) is 0 Å². The van der Waals surface area contributed by atoms with E-state index in [1.165, 1.54) is 18.2 Å². The third-order valence-electron chi connectivity index (χ3n) is 6.80. The average Bonchev–Trinajstić information content (AvgIpc) is 3.34. The summed E-state index contributed by atoms with van der Waals surface area (Å²) in [5.74, 6) is 0.0214. The Balaban J connectivity index is 1.36. The SMILES string of the molecule is Cc1c(C2CC3CN(Sc4ccc(F)cc4)CC3C2)c2cc(F)ccc2n1CC(=O)O. The van der Waals surface area contributed by atoms with E-state index in [1.807, 2.05) is 19.1 Å². The predicted octanol–water partition coefficient (Wildman–Crippen LogP) is 5.45. The van der Waals surface area contributed by atoms with Gasteiger partial charge in [0.05, 0.1) is 0 Å². The van der Waals surface area contributed by atoms with Gasteiger partial charge in [-0.25, -0.2) is 13.1 Å². The van der Waals surface area contributed by atoms with E-state index < -0.39 is 5.97 Å². The number of carbonyl (C=O) groups is 1. The monoisotopic (exact) mass is 442 g/mol. The lowest BCUT2D eigenvalue weighted by atomic mass is 9.93. The minimum absolute atomic E-state index is 0.115. The smallest absolute Gasteiger partial charge is 0.323 e. The minimum Gasteiger partial charge on any atom is -0.480 e. The predicted molar refractivity (Wildman–Crippen MR) is 117 cm³/mol. The fraction of sp³-hybridized carbons (Fsp3) is 0.375. The van der Waals surface area contributed by atoms with Crippen LogP contribution in [0.25, 0.3) is 10.9 Å². The first kappa shape index (κ1) is 20.5. The van der Waals surface area contributed by atoms with Gasteiger partial charge in [0.1, 0.15) is 18.2 Å². The second-order valence-corrected chi connectivity index (χ2v) is 9.89. The number of carboxylic acid groups (broad SMARTS) is 1. The standard InChI is InChI=1S/C24H24F2N2O2S/c1-14-24(21-10-19(26)4-7-22(21)28(14)13-23(29)30)15-8-16-11-27(12-17(16)9-15)31-20-5-2-18(25)3-6-20/h2-7,10,15-17H,8-9,11-13H2,1H3,(H,29,30). The summed E-state index contributed by atoms with van der Waals surface area (Å²) in [5, 5.41) is 10.2. The van der Waals surface area contributed by atoms with Gasteiger partial charge in [0, 0.05) is 34.6 Å². The van der Waals surface area contributed by atoms with Crippen LogP contribution in [-0.2, 0) is 11.3 Å². The molecule has 1 aliphatic carbocycles. The van der Waals surface area contributed by atoms with Crippen molar-refractivity contribution in [3.63, 3.8) is 0 Å². The molecule has 1 aromatic heterocycles. The summed E-state index contributed by atoms with van der Waals surface area (Å²) >= 11 is 1.68. The maximum absolute atomic E-state index is 14.1. The van der Waals surface area contributed by atoms with E-state index in [0.29, 0.717) is 17.8 Å². The molecule has 1 saturated heterocycles. The second kappa shape index (κ2) is 7.95. The van der Waals surface area contributed by atoms with Gasteiger partial charge in [-0.15, -0.1) is 0 Å². The number of aliphatic carboxylic acids is 1. The van der Waals surface area contributed by atoms with E-state index >= 15 is 0 Å². The van der Waals surface area contributed by atoms with Crippen LogP contribution in [0.1, 0.15) is 30.0 Å². The number of hydrogen-bond donors (Lipinski definition) is 1. The minimum atomic E-state index is -0.896. The first-order valence-electron chi connectivity index (χ1n) is 10.6. The fourth-order valence-electron chi connectivity index (χ4n) is 5.55. The first-order valence-corrected chi connectivity index (χ1v) is 11.3. The molecule has 0 bridgehead atoms. The number of benzene rings is 2. The molecule has 4 nitrogen and oxygen atoms in total. The molecule has 2 aliphatic rings. The quantitative estimate of drug-likeness (QED) is 0.534. The van der Waals surface area contributed by atoms with Gasteiger partial charge in [-0.05, 0) is 97.5 Å². The van der Waals surface area contributed by atoms with Gasteiger partial charge in [-0.2, -0.15) is 0 Å². The number of halogens is 2.